The lowest BCUT2D eigenvalue weighted by Gasteiger charge is -2.41. The highest BCUT2D eigenvalue weighted by atomic mass is 35.5. The maximum absolute atomic E-state index is 3.50. The number of piperidine rings is 2. The topological polar surface area (TPSA) is 18.5 Å². The van der Waals surface area contributed by atoms with Crippen LogP contribution in [0.5, 0.6) is 0 Å². The minimum Gasteiger partial charge on any atom is -0.317 e. The molecule has 0 saturated carbocycles. The molecule has 3 aliphatic heterocycles. The Morgan fingerprint density at radius 1 is 0.960 bits per heavy atom. The van der Waals surface area contributed by atoms with Crippen LogP contribution in [0.25, 0.3) is 0 Å². The molecule has 0 aromatic heterocycles. The normalized spacial score (nSPS) is 29.0. The number of benzene rings is 1. The molecular formula is C21H34ClN3. The summed E-state index contributed by atoms with van der Waals surface area (Å²) < 4.78 is 0. The first-order valence-corrected chi connectivity index (χ1v) is 10.0. The van der Waals surface area contributed by atoms with Crippen molar-refractivity contribution in [2.24, 2.45) is 11.3 Å². The number of nitrogens with zero attached hydrogens (tertiary/aromatic N) is 2. The quantitative estimate of drug-likeness (QED) is 0.884. The Hall–Kier alpha value is -0.610. The molecule has 0 bridgehead atoms. The summed E-state index contributed by atoms with van der Waals surface area (Å²) >= 11 is 0. The number of hydrogen-bond donors (Lipinski definition) is 1. The van der Waals surface area contributed by atoms with Crippen LogP contribution in [-0.4, -0.2) is 55.6 Å². The van der Waals surface area contributed by atoms with Crippen molar-refractivity contribution in [3.63, 3.8) is 0 Å². The van der Waals surface area contributed by atoms with Gasteiger partial charge in [-0.25, -0.2) is 0 Å². The zero-order valence-corrected chi connectivity index (χ0v) is 16.3. The van der Waals surface area contributed by atoms with Crippen LogP contribution >= 0.6 is 12.4 Å². The van der Waals surface area contributed by atoms with Gasteiger partial charge in [0.2, 0.25) is 0 Å². The van der Waals surface area contributed by atoms with E-state index in [9.17, 15) is 0 Å². The van der Waals surface area contributed by atoms with Gasteiger partial charge in [0.05, 0.1) is 0 Å². The fourth-order valence-electron chi connectivity index (χ4n) is 5.23. The minimum atomic E-state index is 0. The maximum Gasteiger partial charge on any atom is 0.0233 e. The molecule has 3 saturated heterocycles. The number of hydrogen-bond acceptors (Lipinski definition) is 3. The predicted octanol–water partition coefficient (Wildman–Crippen LogP) is 3.40. The first-order chi connectivity index (χ1) is 11.8. The van der Waals surface area contributed by atoms with Gasteiger partial charge in [0, 0.05) is 26.2 Å². The molecule has 1 N–H and O–H groups in total. The van der Waals surface area contributed by atoms with Gasteiger partial charge in [-0.05, 0) is 75.2 Å². The van der Waals surface area contributed by atoms with Crippen LogP contribution in [-0.2, 0) is 6.54 Å². The molecular weight excluding hydrogens is 330 g/mol. The van der Waals surface area contributed by atoms with Crippen molar-refractivity contribution >= 4 is 12.4 Å². The molecule has 3 aliphatic rings. The van der Waals surface area contributed by atoms with E-state index in [0.717, 1.165) is 12.5 Å². The summed E-state index contributed by atoms with van der Waals surface area (Å²) in [4.78, 5) is 5.51. The third-order valence-electron chi connectivity index (χ3n) is 6.48. The Balaban J connectivity index is 0.00000182. The zero-order chi connectivity index (χ0) is 16.2. The van der Waals surface area contributed by atoms with Crippen molar-refractivity contribution in [1.29, 1.82) is 0 Å². The molecule has 0 aliphatic carbocycles. The van der Waals surface area contributed by atoms with Crippen LogP contribution in [0, 0.1) is 11.3 Å². The average molecular weight is 364 g/mol. The van der Waals surface area contributed by atoms with Gasteiger partial charge >= 0.3 is 0 Å². The Morgan fingerprint density at radius 2 is 1.72 bits per heavy atom. The van der Waals surface area contributed by atoms with E-state index in [-0.39, 0.29) is 12.4 Å². The smallest absolute Gasteiger partial charge is 0.0233 e. The lowest BCUT2D eigenvalue weighted by atomic mass is 9.79. The lowest BCUT2D eigenvalue weighted by Crippen LogP contribution is -2.45. The van der Waals surface area contributed by atoms with E-state index in [1.54, 1.807) is 0 Å². The van der Waals surface area contributed by atoms with E-state index in [1.807, 2.05) is 0 Å². The number of likely N-dealkylation sites (tertiary alicyclic amines) is 2. The summed E-state index contributed by atoms with van der Waals surface area (Å²) in [5.41, 5.74) is 2.05. The van der Waals surface area contributed by atoms with E-state index >= 15 is 0 Å². The molecule has 140 valence electrons. The van der Waals surface area contributed by atoms with Gasteiger partial charge < -0.3 is 10.2 Å². The van der Waals surface area contributed by atoms with Crippen molar-refractivity contribution in [2.45, 2.75) is 38.6 Å². The molecule has 4 heteroatoms. The molecule has 1 aromatic rings. The first kappa shape index (κ1) is 19.2. The van der Waals surface area contributed by atoms with Gasteiger partial charge in [-0.15, -0.1) is 12.4 Å². The molecule has 1 spiro atoms. The van der Waals surface area contributed by atoms with Crippen LogP contribution in [0.4, 0.5) is 0 Å². The molecule has 3 nitrogen and oxygen atoms in total. The van der Waals surface area contributed by atoms with E-state index in [1.165, 1.54) is 83.5 Å². The SMILES string of the molecule is Cl.c1ccc(CN2CCCC3(CCN(CC4CCNCC4)C3)C2)cc1. The minimum absolute atomic E-state index is 0. The van der Waals surface area contributed by atoms with Crippen molar-refractivity contribution in [3.8, 4) is 0 Å². The molecule has 1 atom stereocenters. The fraction of sp³-hybridized carbons (Fsp3) is 0.714. The van der Waals surface area contributed by atoms with E-state index in [0.29, 0.717) is 5.41 Å². The van der Waals surface area contributed by atoms with Gasteiger partial charge in [0.1, 0.15) is 0 Å². The van der Waals surface area contributed by atoms with Gasteiger partial charge in [0.15, 0.2) is 0 Å². The maximum atomic E-state index is 3.50. The predicted molar refractivity (Wildman–Crippen MR) is 107 cm³/mol. The molecule has 0 radical (unpaired) electrons. The first-order valence-electron chi connectivity index (χ1n) is 10.0. The highest BCUT2D eigenvalue weighted by molar-refractivity contribution is 5.85. The lowest BCUT2D eigenvalue weighted by molar-refractivity contribution is 0.0845. The number of halogens is 1. The Labute approximate surface area is 159 Å². The van der Waals surface area contributed by atoms with E-state index < -0.39 is 0 Å². The third kappa shape index (κ3) is 4.97. The largest absolute Gasteiger partial charge is 0.317 e. The van der Waals surface area contributed by atoms with Crippen LogP contribution in [0.2, 0.25) is 0 Å². The highest BCUT2D eigenvalue weighted by Crippen LogP contribution is 2.39. The van der Waals surface area contributed by atoms with Gasteiger partial charge in [0.25, 0.3) is 0 Å². The summed E-state index contributed by atoms with van der Waals surface area (Å²) in [6, 6.07) is 11.0. The van der Waals surface area contributed by atoms with Gasteiger partial charge in [-0.1, -0.05) is 30.3 Å². The van der Waals surface area contributed by atoms with Crippen molar-refractivity contribution in [1.82, 2.24) is 15.1 Å². The van der Waals surface area contributed by atoms with Crippen LogP contribution < -0.4 is 5.32 Å². The summed E-state index contributed by atoms with van der Waals surface area (Å²) in [6.07, 6.45) is 7.01. The standard InChI is InChI=1S/C21H33N3.ClH/c1-2-5-19(6-3-1)15-23-13-4-9-21(17-23)10-14-24(18-21)16-20-7-11-22-12-8-20;/h1-3,5-6,20,22H,4,7-18H2;1H. The van der Waals surface area contributed by atoms with Crippen LogP contribution in [0.1, 0.15) is 37.7 Å². The van der Waals surface area contributed by atoms with Crippen molar-refractivity contribution in [2.75, 3.05) is 45.8 Å². The molecule has 1 unspecified atom stereocenters. The van der Waals surface area contributed by atoms with Crippen LogP contribution in [0.15, 0.2) is 30.3 Å². The van der Waals surface area contributed by atoms with Gasteiger partial charge in [-0.3, -0.25) is 4.90 Å². The molecule has 3 heterocycles. The van der Waals surface area contributed by atoms with Crippen molar-refractivity contribution < 1.29 is 0 Å². The zero-order valence-electron chi connectivity index (χ0n) is 15.5. The molecule has 1 aromatic carbocycles. The Morgan fingerprint density at radius 3 is 2.52 bits per heavy atom. The van der Waals surface area contributed by atoms with Crippen LogP contribution in [0.3, 0.4) is 0 Å². The Bertz CT molecular complexity index is 517. The molecule has 0 amide bonds. The third-order valence-corrected chi connectivity index (χ3v) is 6.48. The monoisotopic (exact) mass is 363 g/mol. The number of rotatable bonds is 4. The highest BCUT2D eigenvalue weighted by Gasteiger charge is 2.41. The second-order valence-electron chi connectivity index (χ2n) is 8.48. The van der Waals surface area contributed by atoms with Gasteiger partial charge in [-0.2, -0.15) is 0 Å². The summed E-state index contributed by atoms with van der Waals surface area (Å²) in [5, 5.41) is 3.50. The molecule has 25 heavy (non-hydrogen) atoms. The second kappa shape index (κ2) is 8.85. The summed E-state index contributed by atoms with van der Waals surface area (Å²) in [7, 11) is 0. The molecule has 3 fully saturated rings. The van der Waals surface area contributed by atoms with Crippen molar-refractivity contribution in [3.05, 3.63) is 35.9 Å². The summed E-state index contributed by atoms with van der Waals surface area (Å²) in [6.45, 7) is 10.2. The average Bonchev–Trinajstić information content (AvgIpc) is 2.98. The molecule has 4 rings (SSSR count). The second-order valence-corrected chi connectivity index (χ2v) is 8.48. The van der Waals surface area contributed by atoms with E-state index in [4.69, 9.17) is 0 Å². The van der Waals surface area contributed by atoms with E-state index in [2.05, 4.69) is 45.4 Å². The Kier molecular flexibility index (Phi) is 6.79. The fourth-order valence-corrected chi connectivity index (χ4v) is 5.23. The number of nitrogens with one attached hydrogen (secondary N) is 1. The summed E-state index contributed by atoms with van der Waals surface area (Å²) in [5.74, 6) is 0.936.